The number of aliphatic hydroxyl groups excluding tert-OH is 1. The number of hydrogen-bond acceptors (Lipinski definition) is 4. The van der Waals surface area contributed by atoms with Gasteiger partial charge < -0.3 is 9.84 Å². The third kappa shape index (κ3) is 5.48. The van der Waals surface area contributed by atoms with Crippen LogP contribution in [0, 0.1) is 0 Å². The first kappa shape index (κ1) is 19.9. The molecular formula is C18H38N2O2. The Bertz CT molecular complexity index is 332. The predicted octanol–water partition coefficient (Wildman–Crippen LogP) is 2.75. The summed E-state index contributed by atoms with van der Waals surface area (Å²) in [6.07, 6.45) is 1.87. The summed E-state index contributed by atoms with van der Waals surface area (Å²) >= 11 is 0. The van der Waals surface area contributed by atoms with Crippen molar-refractivity contribution in [2.75, 3.05) is 39.4 Å². The first-order valence-electron chi connectivity index (χ1n) is 8.79. The molecule has 22 heavy (non-hydrogen) atoms. The van der Waals surface area contributed by atoms with Crippen molar-refractivity contribution in [2.45, 2.75) is 78.0 Å². The molecule has 4 nitrogen and oxygen atoms in total. The van der Waals surface area contributed by atoms with Crippen molar-refractivity contribution < 1.29 is 9.84 Å². The Morgan fingerprint density at radius 1 is 0.864 bits per heavy atom. The van der Waals surface area contributed by atoms with Crippen molar-refractivity contribution in [1.29, 1.82) is 0 Å². The molecule has 1 rings (SSSR count). The molecule has 1 aliphatic rings. The molecule has 0 aliphatic carbocycles. The standard InChI is InChI=1S/C18H38N2O2/c1-8-16(2,3)19-10-12-20(13-11-19)17(4,5)15-22-18(6,7)9-14-21/h21H,8-15H2,1-7H3. The Kier molecular flexibility index (Phi) is 6.88. The van der Waals surface area contributed by atoms with E-state index in [0.717, 1.165) is 26.2 Å². The monoisotopic (exact) mass is 314 g/mol. The number of piperazine rings is 1. The maximum absolute atomic E-state index is 9.11. The summed E-state index contributed by atoms with van der Waals surface area (Å²) in [4.78, 5) is 5.15. The van der Waals surface area contributed by atoms with Crippen molar-refractivity contribution in [3.05, 3.63) is 0 Å². The lowest BCUT2D eigenvalue weighted by atomic mass is 9.96. The van der Waals surface area contributed by atoms with Gasteiger partial charge in [-0.05, 0) is 54.4 Å². The molecule has 0 saturated carbocycles. The third-order valence-electron chi connectivity index (χ3n) is 5.39. The molecular weight excluding hydrogens is 276 g/mol. The van der Waals surface area contributed by atoms with Crippen molar-refractivity contribution in [1.82, 2.24) is 9.80 Å². The molecule has 0 unspecified atom stereocenters. The van der Waals surface area contributed by atoms with Crippen molar-refractivity contribution in [3.63, 3.8) is 0 Å². The summed E-state index contributed by atoms with van der Waals surface area (Å²) in [5, 5.41) is 9.11. The van der Waals surface area contributed by atoms with E-state index in [1.807, 2.05) is 0 Å². The molecule has 132 valence electrons. The van der Waals surface area contributed by atoms with E-state index in [1.165, 1.54) is 6.42 Å². The zero-order valence-corrected chi connectivity index (χ0v) is 15.9. The predicted molar refractivity (Wildman–Crippen MR) is 93.3 cm³/mol. The highest BCUT2D eigenvalue weighted by molar-refractivity contribution is 4.90. The second-order valence-electron chi connectivity index (χ2n) is 8.47. The van der Waals surface area contributed by atoms with Crippen molar-refractivity contribution >= 4 is 0 Å². The minimum atomic E-state index is -0.252. The minimum Gasteiger partial charge on any atom is -0.396 e. The van der Waals surface area contributed by atoms with Crippen LogP contribution in [0.5, 0.6) is 0 Å². The molecule has 0 radical (unpaired) electrons. The Labute approximate surface area is 137 Å². The van der Waals surface area contributed by atoms with Gasteiger partial charge >= 0.3 is 0 Å². The van der Waals surface area contributed by atoms with E-state index in [2.05, 4.69) is 58.3 Å². The van der Waals surface area contributed by atoms with Gasteiger partial charge in [-0.1, -0.05) is 6.92 Å². The summed E-state index contributed by atoms with van der Waals surface area (Å²) in [7, 11) is 0. The Morgan fingerprint density at radius 3 is 1.73 bits per heavy atom. The van der Waals surface area contributed by atoms with Crippen LogP contribution in [0.2, 0.25) is 0 Å². The quantitative estimate of drug-likeness (QED) is 0.747. The van der Waals surface area contributed by atoms with E-state index in [1.54, 1.807) is 0 Å². The van der Waals surface area contributed by atoms with Gasteiger partial charge in [-0.3, -0.25) is 9.80 Å². The third-order valence-corrected chi connectivity index (χ3v) is 5.39. The van der Waals surface area contributed by atoms with Crippen LogP contribution in [0.4, 0.5) is 0 Å². The smallest absolute Gasteiger partial charge is 0.0652 e. The molecule has 0 spiro atoms. The summed E-state index contributed by atoms with van der Waals surface area (Å²) < 4.78 is 6.09. The lowest BCUT2D eigenvalue weighted by Crippen LogP contribution is -2.60. The number of rotatable bonds is 8. The first-order chi connectivity index (χ1) is 10.0. The Balaban J connectivity index is 2.51. The van der Waals surface area contributed by atoms with Crippen LogP contribution >= 0.6 is 0 Å². The highest BCUT2D eigenvalue weighted by Gasteiger charge is 2.35. The average molecular weight is 315 g/mol. The summed E-state index contributed by atoms with van der Waals surface area (Å²) in [5.74, 6) is 0. The highest BCUT2D eigenvalue weighted by Crippen LogP contribution is 2.25. The Morgan fingerprint density at radius 2 is 1.32 bits per heavy atom. The van der Waals surface area contributed by atoms with Gasteiger partial charge in [-0.25, -0.2) is 0 Å². The van der Waals surface area contributed by atoms with Gasteiger partial charge in [0.05, 0.1) is 12.2 Å². The maximum atomic E-state index is 9.11. The van der Waals surface area contributed by atoms with E-state index >= 15 is 0 Å². The Hall–Kier alpha value is -0.160. The molecule has 1 saturated heterocycles. The second-order valence-corrected chi connectivity index (χ2v) is 8.47. The van der Waals surface area contributed by atoms with Crippen molar-refractivity contribution in [3.8, 4) is 0 Å². The number of ether oxygens (including phenoxy) is 1. The zero-order valence-electron chi connectivity index (χ0n) is 15.9. The fourth-order valence-electron chi connectivity index (χ4n) is 2.95. The molecule has 0 bridgehead atoms. The molecule has 4 heteroatoms. The van der Waals surface area contributed by atoms with Crippen LogP contribution in [0.15, 0.2) is 0 Å². The molecule has 1 fully saturated rings. The second kappa shape index (κ2) is 7.61. The van der Waals surface area contributed by atoms with E-state index in [-0.39, 0.29) is 17.7 Å². The van der Waals surface area contributed by atoms with Gasteiger partial charge in [0.1, 0.15) is 0 Å². The van der Waals surface area contributed by atoms with Gasteiger partial charge in [0, 0.05) is 43.9 Å². The topological polar surface area (TPSA) is 35.9 Å². The minimum absolute atomic E-state index is 0.0369. The molecule has 0 atom stereocenters. The summed E-state index contributed by atoms with van der Waals surface area (Å²) in [6.45, 7) is 20.9. The fraction of sp³-hybridized carbons (Fsp3) is 1.00. The summed E-state index contributed by atoms with van der Waals surface area (Å²) in [6, 6.07) is 0. The van der Waals surface area contributed by atoms with Gasteiger partial charge in [0.15, 0.2) is 0 Å². The first-order valence-corrected chi connectivity index (χ1v) is 8.79. The lowest BCUT2D eigenvalue weighted by Gasteiger charge is -2.49. The van der Waals surface area contributed by atoms with Crippen molar-refractivity contribution in [2.24, 2.45) is 0 Å². The largest absolute Gasteiger partial charge is 0.396 e. The maximum Gasteiger partial charge on any atom is 0.0652 e. The van der Waals surface area contributed by atoms with Crippen LogP contribution in [-0.2, 0) is 4.74 Å². The van der Waals surface area contributed by atoms with E-state index < -0.39 is 0 Å². The number of hydrogen-bond donors (Lipinski definition) is 1. The number of aliphatic hydroxyl groups is 1. The SMILES string of the molecule is CCC(C)(C)N1CCN(C(C)(C)COC(C)(C)CCO)CC1. The highest BCUT2D eigenvalue weighted by atomic mass is 16.5. The van der Waals surface area contributed by atoms with Gasteiger partial charge in [-0.2, -0.15) is 0 Å². The van der Waals surface area contributed by atoms with Crippen LogP contribution in [0.25, 0.3) is 0 Å². The van der Waals surface area contributed by atoms with Crippen LogP contribution in [0.1, 0.15) is 61.3 Å². The summed E-state index contributed by atoms with van der Waals surface area (Å²) in [5.41, 5.74) is 0.0864. The molecule has 0 aromatic heterocycles. The van der Waals surface area contributed by atoms with E-state index in [0.29, 0.717) is 18.6 Å². The average Bonchev–Trinajstić information content (AvgIpc) is 2.45. The molecule has 0 aromatic rings. The fourth-order valence-corrected chi connectivity index (χ4v) is 2.95. The molecule has 1 aliphatic heterocycles. The van der Waals surface area contributed by atoms with Gasteiger partial charge in [0.2, 0.25) is 0 Å². The zero-order chi connectivity index (χ0) is 17.0. The van der Waals surface area contributed by atoms with E-state index in [9.17, 15) is 0 Å². The normalized spacial score (nSPS) is 19.6. The van der Waals surface area contributed by atoms with Gasteiger partial charge in [-0.15, -0.1) is 0 Å². The van der Waals surface area contributed by atoms with Crippen LogP contribution in [0.3, 0.4) is 0 Å². The molecule has 0 aromatic carbocycles. The lowest BCUT2D eigenvalue weighted by molar-refractivity contribution is -0.0908. The number of nitrogens with zero attached hydrogens (tertiary/aromatic N) is 2. The van der Waals surface area contributed by atoms with Crippen LogP contribution < -0.4 is 0 Å². The van der Waals surface area contributed by atoms with E-state index in [4.69, 9.17) is 9.84 Å². The molecule has 1 N–H and O–H groups in total. The van der Waals surface area contributed by atoms with Gasteiger partial charge in [0.25, 0.3) is 0 Å². The molecule has 0 amide bonds. The van der Waals surface area contributed by atoms with Crippen LogP contribution in [-0.4, -0.2) is 71.0 Å². The molecule has 1 heterocycles.